The molecule has 174 valence electrons. The molecule has 1 unspecified atom stereocenters. The first-order valence-corrected chi connectivity index (χ1v) is 12.7. The van der Waals surface area contributed by atoms with Crippen molar-refractivity contribution in [2.75, 3.05) is 19.7 Å². The van der Waals surface area contributed by atoms with Crippen LogP contribution in [0.1, 0.15) is 129 Å². The van der Waals surface area contributed by atoms with Gasteiger partial charge in [-0.05, 0) is 12.8 Å². The largest absolute Gasteiger partial charge is 0.394 e. The van der Waals surface area contributed by atoms with Gasteiger partial charge in [0.15, 0.2) is 0 Å². The van der Waals surface area contributed by atoms with E-state index in [2.05, 4.69) is 13.8 Å². The number of hydrogen-bond acceptors (Lipinski definition) is 3. The number of aliphatic hydroxyl groups is 2. The smallest absolute Gasteiger partial charge is 0.222 e. The molecule has 0 saturated carbocycles. The van der Waals surface area contributed by atoms with E-state index in [0.29, 0.717) is 13.0 Å². The molecule has 0 spiro atoms. The monoisotopic (exact) mass is 413 g/mol. The number of rotatable bonds is 22. The summed E-state index contributed by atoms with van der Waals surface area (Å²) in [7, 11) is 0. The van der Waals surface area contributed by atoms with Crippen molar-refractivity contribution in [3.63, 3.8) is 0 Å². The fourth-order valence-electron chi connectivity index (χ4n) is 3.81. The van der Waals surface area contributed by atoms with Gasteiger partial charge in [0.1, 0.15) is 0 Å². The predicted octanol–water partition coefficient (Wildman–Crippen LogP) is 6.23. The summed E-state index contributed by atoms with van der Waals surface area (Å²) < 4.78 is 0. The third-order valence-electron chi connectivity index (χ3n) is 5.77. The van der Waals surface area contributed by atoms with E-state index in [0.717, 1.165) is 25.7 Å². The first-order valence-electron chi connectivity index (χ1n) is 12.7. The number of carbonyl (C=O) groups is 1. The average Bonchev–Trinajstić information content (AvgIpc) is 2.73. The number of nitrogens with zero attached hydrogens (tertiary/aromatic N) is 1. The maximum atomic E-state index is 12.6. The Morgan fingerprint density at radius 3 is 1.55 bits per heavy atom. The quantitative estimate of drug-likeness (QED) is 0.207. The zero-order valence-electron chi connectivity index (χ0n) is 19.7. The molecule has 0 aliphatic carbocycles. The number of unbranched alkanes of at least 4 members (excludes halogenated alkanes) is 15. The van der Waals surface area contributed by atoms with Gasteiger partial charge in [0.2, 0.25) is 5.91 Å². The molecule has 0 saturated heterocycles. The highest BCUT2D eigenvalue weighted by molar-refractivity contribution is 5.76. The molecule has 0 aromatic rings. The van der Waals surface area contributed by atoms with Crippen LogP contribution >= 0.6 is 0 Å². The lowest BCUT2D eigenvalue weighted by Gasteiger charge is -2.25. The van der Waals surface area contributed by atoms with E-state index in [1.807, 2.05) is 0 Å². The fraction of sp³-hybridized carbons (Fsp3) is 0.960. The Hall–Kier alpha value is -0.610. The Bertz CT molecular complexity index is 349. The summed E-state index contributed by atoms with van der Waals surface area (Å²) in [6.07, 6.45) is 20.9. The van der Waals surface area contributed by atoms with E-state index in [4.69, 9.17) is 5.11 Å². The minimum absolute atomic E-state index is 0.141. The van der Waals surface area contributed by atoms with Gasteiger partial charge in [-0.25, -0.2) is 0 Å². The summed E-state index contributed by atoms with van der Waals surface area (Å²) in [5.74, 6) is 0.141. The maximum absolute atomic E-state index is 12.6. The van der Waals surface area contributed by atoms with Crippen LogP contribution in [-0.4, -0.2) is 46.8 Å². The Morgan fingerprint density at radius 1 is 0.690 bits per heavy atom. The molecule has 0 heterocycles. The Morgan fingerprint density at radius 2 is 1.10 bits per heavy atom. The number of hydrogen-bond donors (Lipinski definition) is 2. The van der Waals surface area contributed by atoms with E-state index in [9.17, 15) is 9.90 Å². The van der Waals surface area contributed by atoms with E-state index in [1.54, 1.807) is 4.90 Å². The maximum Gasteiger partial charge on any atom is 0.222 e. The molecule has 0 radical (unpaired) electrons. The van der Waals surface area contributed by atoms with Crippen LogP contribution in [0.25, 0.3) is 0 Å². The fourth-order valence-corrected chi connectivity index (χ4v) is 3.81. The Balaban J connectivity index is 3.90. The van der Waals surface area contributed by atoms with Crippen molar-refractivity contribution in [2.24, 2.45) is 0 Å². The summed E-state index contributed by atoms with van der Waals surface area (Å²) in [6.45, 7) is 5.18. The lowest BCUT2D eigenvalue weighted by Crippen LogP contribution is -2.39. The number of aliphatic hydroxyl groups excluding tert-OH is 2. The van der Waals surface area contributed by atoms with Crippen LogP contribution in [0.5, 0.6) is 0 Å². The second kappa shape index (κ2) is 22.1. The summed E-state index contributed by atoms with van der Waals surface area (Å²) in [5.41, 5.74) is 0. The molecule has 2 N–H and O–H groups in total. The van der Waals surface area contributed by atoms with Gasteiger partial charge in [-0.15, -0.1) is 0 Å². The van der Waals surface area contributed by atoms with Gasteiger partial charge >= 0.3 is 0 Å². The molecule has 0 fully saturated rings. The summed E-state index contributed by atoms with van der Waals surface area (Å²) in [4.78, 5) is 14.3. The van der Waals surface area contributed by atoms with Crippen molar-refractivity contribution in [1.82, 2.24) is 4.90 Å². The zero-order chi connectivity index (χ0) is 21.6. The van der Waals surface area contributed by atoms with E-state index in [-0.39, 0.29) is 19.1 Å². The van der Waals surface area contributed by atoms with Crippen LogP contribution in [0.3, 0.4) is 0 Å². The molecule has 4 heteroatoms. The van der Waals surface area contributed by atoms with Crippen LogP contribution < -0.4 is 0 Å². The molecule has 0 rings (SSSR count). The lowest BCUT2D eigenvalue weighted by molar-refractivity contribution is -0.133. The third-order valence-corrected chi connectivity index (χ3v) is 5.77. The minimum atomic E-state index is -0.823. The highest BCUT2D eigenvalue weighted by Crippen LogP contribution is 2.13. The highest BCUT2D eigenvalue weighted by Gasteiger charge is 2.16. The standard InChI is InChI=1S/C25H51NO3/c1-3-5-7-9-11-12-13-15-17-19-21-26(22-24(28)23-27)25(29)20-18-16-14-10-8-6-4-2/h24,27-28H,3-23H2,1-2H3. The Kier molecular flexibility index (Phi) is 21.6. The van der Waals surface area contributed by atoms with Crippen LogP contribution in [0, 0.1) is 0 Å². The van der Waals surface area contributed by atoms with E-state index < -0.39 is 6.10 Å². The molecule has 0 aliphatic rings. The summed E-state index contributed by atoms with van der Waals surface area (Å²) in [5, 5.41) is 18.9. The molecule has 0 bridgehead atoms. The van der Waals surface area contributed by atoms with Crippen molar-refractivity contribution < 1.29 is 15.0 Å². The van der Waals surface area contributed by atoms with E-state index >= 15 is 0 Å². The lowest BCUT2D eigenvalue weighted by atomic mass is 10.1. The van der Waals surface area contributed by atoms with E-state index in [1.165, 1.54) is 83.5 Å². The van der Waals surface area contributed by atoms with Gasteiger partial charge in [0.05, 0.1) is 12.7 Å². The first kappa shape index (κ1) is 28.4. The van der Waals surface area contributed by atoms with Crippen molar-refractivity contribution in [2.45, 2.75) is 136 Å². The van der Waals surface area contributed by atoms with Gasteiger partial charge < -0.3 is 15.1 Å². The first-order chi connectivity index (χ1) is 14.2. The van der Waals surface area contributed by atoms with Crippen LogP contribution in [0.2, 0.25) is 0 Å². The van der Waals surface area contributed by atoms with Gasteiger partial charge in [-0.1, -0.05) is 110 Å². The molecule has 0 aliphatic heterocycles. The zero-order valence-corrected chi connectivity index (χ0v) is 19.7. The van der Waals surface area contributed by atoms with Crippen LogP contribution in [-0.2, 0) is 4.79 Å². The number of carbonyl (C=O) groups excluding carboxylic acids is 1. The second-order valence-electron chi connectivity index (χ2n) is 8.73. The molecule has 1 amide bonds. The summed E-state index contributed by atoms with van der Waals surface area (Å²) in [6, 6.07) is 0. The normalized spacial score (nSPS) is 12.3. The molecule has 1 atom stereocenters. The molecule has 4 nitrogen and oxygen atoms in total. The third kappa shape index (κ3) is 19.1. The van der Waals surface area contributed by atoms with Crippen molar-refractivity contribution in [1.29, 1.82) is 0 Å². The summed E-state index contributed by atoms with van der Waals surface area (Å²) >= 11 is 0. The molecular formula is C25H51NO3. The minimum Gasteiger partial charge on any atom is -0.394 e. The SMILES string of the molecule is CCCCCCCCCCCCN(CC(O)CO)C(=O)CCCCCCCCC. The molecular weight excluding hydrogens is 362 g/mol. The molecule has 0 aromatic carbocycles. The second-order valence-corrected chi connectivity index (χ2v) is 8.73. The van der Waals surface area contributed by atoms with Gasteiger partial charge in [0, 0.05) is 19.5 Å². The van der Waals surface area contributed by atoms with Crippen molar-refractivity contribution >= 4 is 5.91 Å². The highest BCUT2D eigenvalue weighted by atomic mass is 16.3. The Labute approximate surface area is 181 Å². The van der Waals surface area contributed by atoms with Crippen molar-refractivity contribution in [3.05, 3.63) is 0 Å². The van der Waals surface area contributed by atoms with Crippen molar-refractivity contribution in [3.8, 4) is 0 Å². The topological polar surface area (TPSA) is 60.8 Å². The van der Waals surface area contributed by atoms with Crippen LogP contribution in [0.4, 0.5) is 0 Å². The van der Waals surface area contributed by atoms with Gasteiger partial charge in [-0.3, -0.25) is 4.79 Å². The van der Waals surface area contributed by atoms with Crippen LogP contribution in [0.15, 0.2) is 0 Å². The number of amides is 1. The average molecular weight is 414 g/mol. The predicted molar refractivity (Wildman–Crippen MR) is 124 cm³/mol. The van der Waals surface area contributed by atoms with Gasteiger partial charge in [-0.2, -0.15) is 0 Å². The van der Waals surface area contributed by atoms with Gasteiger partial charge in [0.25, 0.3) is 0 Å². The molecule has 0 aromatic heterocycles. The molecule has 29 heavy (non-hydrogen) atoms.